The highest BCUT2D eigenvalue weighted by molar-refractivity contribution is 5.21. The highest BCUT2D eigenvalue weighted by Gasteiger charge is 2.18. The number of furan rings is 1. The molecule has 0 spiro atoms. The van der Waals surface area contributed by atoms with E-state index < -0.39 is 0 Å². The second kappa shape index (κ2) is 5.93. The van der Waals surface area contributed by atoms with Crippen molar-refractivity contribution < 1.29 is 9.15 Å². The maximum absolute atomic E-state index is 6.18. The zero-order valence-corrected chi connectivity index (χ0v) is 9.82. The van der Waals surface area contributed by atoms with E-state index in [4.69, 9.17) is 14.9 Å². The number of aryl methyl sites for hydroxylation is 1. The molecule has 3 nitrogen and oxygen atoms in total. The van der Waals surface area contributed by atoms with Gasteiger partial charge in [-0.25, -0.2) is 0 Å². The van der Waals surface area contributed by atoms with E-state index in [9.17, 15) is 0 Å². The van der Waals surface area contributed by atoms with Gasteiger partial charge < -0.3 is 14.9 Å². The Kier molecular flexibility index (Phi) is 4.85. The van der Waals surface area contributed by atoms with E-state index >= 15 is 0 Å². The molecule has 0 amide bonds. The summed E-state index contributed by atoms with van der Waals surface area (Å²) in [7, 11) is 1.72. The van der Waals surface area contributed by atoms with Crippen LogP contribution in [0.2, 0.25) is 0 Å². The molecule has 0 aliphatic rings. The molecule has 0 fully saturated rings. The summed E-state index contributed by atoms with van der Waals surface area (Å²) in [6.07, 6.45) is 3.59. The Bertz CT molecular complexity index is 283. The lowest BCUT2D eigenvalue weighted by atomic mass is 9.93. The van der Waals surface area contributed by atoms with Gasteiger partial charge in [-0.1, -0.05) is 13.8 Å². The molecule has 2 atom stereocenters. The van der Waals surface area contributed by atoms with Crippen molar-refractivity contribution in [2.45, 2.75) is 32.7 Å². The highest BCUT2D eigenvalue weighted by atomic mass is 16.5. The molecule has 0 saturated heterocycles. The van der Waals surface area contributed by atoms with E-state index in [1.807, 2.05) is 6.07 Å². The Hall–Kier alpha value is -0.800. The van der Waals surface area contributed by atoms with Crippen molar-refractivity contribution in [1.29, 1.82) is 0 Å². The Labute approximate surface area is 91.6 Å². The topological polar surface area (TPSA) is 48.4 Å². The van der Waals surface area contributed by atoms with Gasteiger partial charge in [0.15, 0.2) is 0 Å². The molecule has 2 unspecified atom stereocenters. The monoisotopic (exact) mass is 211 g/mol. The van der Waals surface area contributed by atoms with Crippen molar-refractivity contribution in [3.8, 4) is 0 Å². The predicted octanol–water partition coefficient (Wildman–Crippen LogP) is 2.51. The molecule has 0 aromatic carbocycles. The van der Waals surface area contributed by atoms with Gasteiger partial charge in [-0.3, -0.25) is 0 Å². The average molecular weight is 211 g/mol. The summed E-state index contributed by atoms with van der Waals surface area (Å²) in [5.41, 5.74) is 7.32. The van der Waals surface area contributed by atoms with Gasteiger partial charge in [-0.15, -0.1) is 0 Å². The molecule has 0 bridgehead atoms. The van der Waals surface area contributed by atoms with E-state index in [2.05, 4.69) is 13.8 Å². The molecular formula is C12H21NO2. The number of ether oxygens (including phenoxy) is 1. The number of hydrogen-bond donors (Lipinski definition) is 1. The van der Waals surface area contributed by atoms with Gasteiger partial charge >= 0.3 is 0 Å². The van der Waals surface area contributed by atoms with Crippen LogP contribution in [0.4, 0.5) is 0 Å². The van der Waals surface area contributed by atoms with Crippen molar-refractivity contribution in [2.75, 3.05) is 13.7 Å². The number of nitrogens with two attached hydrogens (primary N) is 1. The van der Waals surface area contributed by atoms with Crippen LogP contribution in [0.25, 0.3) is 0 Å². The first kappa shape index (κ1) is 12.3. The second-order valence-corrected chi connectivity index (χ2v) is 3.94. The van der Waals surface area contributed by atoms with E-state index in [1.165, 1.54) is 0 Å². The van der Waals surface area contributed by atoms with Crippen LogP contribution in [0, 0.1) is 5.92 Å². The van der Waals surface area contributed by atoms with Crippen LogP contribution in [0.5, 0.6) is 0 Å². The number of methoxy groups -OCH3 is 1. The van der Waals surface area contributed by atoms with Gasteiger partial charge in [0, 0.05) is 31.7 Å². The number of rotatable bonds is 6. The predicted molar refractivity (Wildman–Crippen MR) is 60.7 cm³/mol. The average Bonchev–Trinajstić information content (AvgIpc) is 2.72. The highest BCUT2D eigenvalue weighted by Crippen LogP contribution is 2.26. The first-order chi connectivity index (χ1) is 7.20. The maximum atomic E-state index is 6.18. The molecule has 1 aromatic heterocycles. The van der Waals surface area contributed by atoms with Crippen LogP contribution in [0.1, 0.15) is 37.6 Å². The lowest BCUT2D eigenvalue weighted by Crippen LogP contribution is -2.20. The molecule has 2 N–H and O–H groups in total. The normalized spacial score (nSPS) is 15.2. The fourth-order valence-electron chi connectivity index (χ4n) is 1.72. The lowest BCUT2D eigenvalue weighted by molar-refractivity contribution is 0.174. The molecule has 0 aliphatic heterocycles. The fourth-order valence-corrected chi connectivity index (χ4v) is 1.72. The summed E-state index contributed by atoms with van der Waals surface area (Å²) in [5.74, 6) is 1.42. The van der Waals surface area contributed by atoms with Crippen molar-refractivity contribution in [1.82, 2.24) is 0 Å². The molecule has 15 heavy (non-hydrogen) atoms. The molecule has 0 aliphatic carbocycles. The first-order valence-electron chi connectivity index (χ1n) is 5.51. The van der Waals surface area contributed by atoms with Crippen LogP contribution in [0.3, 0.4) is 0 Å². The molecular weight excluding hydrogens is 190 g/mol. The van der Waals surface area contributed by atoms with Gasteiger partial charge in [0.1, 0.15) is 5.76 Å². The molecule has 1 rings (SSSR count). The summed E-state index contributed by atoms with van der Waals surface area (Å²) in [6, 6.07) is 2.03. The molecule has 1 heterocycles. The summed E-state index contributed by atoms with van der Waals surface area (Å²) in [5, 5.41) is 0. The van der Waals surface area contributed by atoms with Crippen LogP contribution in [-0.4, -0.2) is 13.7 Å². The van der Waals surface area contributed by atoms with Gasteiger partial charge in [0.2, 0.25) is 0 Å². The van der Waals surface area contributed by atoms with Gasteiger partial charge in [-0.05, 0) is 18.4 Å². The largest absolute Gasteiger partial charge is 0.469 e. The smallest absolute Gasteiger partial charge is 0.108 e. The SMILES string of the molecule is CCc1occc1C(N)C(C)CCOC. The Morgan fingerprint density at radius 3 is 2.87 bits per heavy atom. The molecule has 3 heteroatoms. The van der Waals surface area contributed by atoms with Crippen molar-refractivity contribution >= 4 is 0 Å². The standard InChI is InChI=1S/C12H21NO2/c1-4-11-10(6-8-15-11)12(13)9(2)5-7-14-3/h6,8-9,12H,4-5,7,13H2,1-3H3. The van der Waals surface area contributed by atoms with Crippen LogP contribution >= 0.6 is 0 Å². The maximum Gasteiger partial charge on any atom is 0.108 e. The Balaban J connectivity index is 2.62. The van der Waals surface area contributed by atoms with Gasteiger partial charge in [0.05, 0.1) is 6.26 Å². The zero-order valence-electron chi connectivity index (χ0n) is 9.82. The molecule has 0 radical (unpaired) electrons. The minimum atomic E-state index is 0.0499. The third-order valence-electron chi connectivity index (χ3n) is 2.85. The second-order valence-electron chi connectivity index (χ2n) is 3.94. The molecule has 1 aromatic rings. The van der Waals surface area contributed by atoms with Gasteiger partial charge in [0.25, 0.3) is 0 Å². The molecule has 0 saturated carbocycles. The third-order valence-corrected chi connectivity index (χ3v) is 2.85. The van der Waals surface area contributed by atoms with E-state index in [1.54, 1.807) is 13.4 Å². The number of hydrogen-bond acceptors (Lipinski definition) is 3. The summed E-state index contributed by atoms with van der Waals surface area (Å²) >= 11 is 0. The zero-order chi connectivity index (χ0) is 11.3. The minimum absolute atomic E-state index is 0.0499. The van der Waals surface area contributed by atoms with Crippen LogP contribution < -0.4 is 5.73 Å². The minimum Gasteiger partial charge on any atom is -0.469 e. The molecule has 86 valence electrons. The van der Waals surface area contributed by atoms with Crippen molar-refractivity contribution in [3.63, 3.8) is 0 Å². The third kappa shape index (κ3) is 3.08. The van der Waals surface area contributed by atoms with Crippen molar-refractivity contribution in [2.24, 2.45) is 11.7 Å². The first-order valence-corrected chi connectivity index (χ1v) is 5.51. The van der Waals surface area contributed by atoms with E-state index in [-0.39, 0.29) is 6.04 Å². The van der Waals surface area contributed by atoms with E-state index in [0.29, 0.717) is 5.92 Å². The fraction of sp³-hybridized carbons (Fsp3) is 0.667. The van der Waals surface area contributed by atoms with Crippen LogP contribution in [-0.2, 0) is 11.2 Å². The van der Waals surface area contributed by atoms with Crippen molar-refractivity contribution in [3.05, 3.63) is 23.7 Å². The summed E-state index contributed by atoms with van der Waals surface area (Å²) in [6.45, 7) is 4.99. The van der Waals surface area contributed by atoms with E-state index in [0.717, 1.165) is 30.8 Å². The quantitative estimate of drug-likeness (QED) is 0.786. The van der Waals surface area contributed by atoms with Gasteiger partial charge in [-0.2, -0.15) is 0 Å². The Morgan fingerprint density at radius 1 is 1.53 bits per heavy atom. The van der Waals surface area contributed by atoms with Crippen LogP contribution in [0.15, 0.2) is 16.7 Å². The summed E-state index contributed by atoms with van der Waals surface area (Å²) < 4.78 is 10.4. The lowest BCUT2D eigenvalue weighted by Gasteiger charge is -2.19. The Morgan fingerprint density at radius 2 is 2.27 bits per heavy atom. The summed E-state index contributed by atoms with van der Waals surface area (Å²) in [4.78, 5) is 0.